The van der Waals surface area contributed by atoms with E-state index >= 15 is 0 Å². The first kappa shape index (κ1) is 12.3. The summed E-state index contributed by atoms with van der Waals surface area (Å²) in [7, 11) is 0. The molecule has 84 valence electrons. The van der Waals surface area contributed by atoms with Crippen molar-refractivity contribution in [3.8, 4) is 0 Å². The molecule has 0 aliphatic carbocycles. The smallest absolute Gasteiger partial charge is 0.0266 e. The predicted molar refractivity (Wildman–Crippen MR) is 66.8 cm³/mol. The molecule has 1 aromatic rings. The van der Waals surface area contributed by atoms with Gasteiger partial charge in [-0.2, -0.15) is 0 Å². The van der Waals surface area contributed by atoms with Crippen LogP contribution < -0.4 is 5.73 Å². The first-order chi connectivity index (χ1) is 7.13. The quantitative estimate of drug-likeness (QED) is 0.779. The van der Waals surface area contributed by atoms with Gasteiger partial charge in [-0.05, 0) is 30.4 Å². The van der Waals surface area contributed by atoms with Gasteiger partial charge in [-0.1, -0.05) is 51.0 Å². The SMILES string of the molecule is CCCC(C)Cc1cccc(C(C)N)c1. The minimum atomic E-state index is 0.145. The van der Waals surface area contributed by atoms with Crippen LogP contribution in [0.25, 0.3) is 0 Å². The molecule has 0 radical (unpaired) electrons. The Bertz CT molecular complexity index is 291. The van der Waals surface area contributed by atoms with Crippen molar-refractivity contribution < 1.29 is 0 Å². The summed E-state index contributed by atoms with van der Waals surface area (Å²) in [6.07, 6.45) is 3.75. The molecular formula is C14H23N. The molecule has 0 fully saturated rings. The van der Waals surface area contributed by atoms with Crippen LogP contribution in [0.1, 0.15) is 50.8 Å². The minimum Gasteiger partial charge on any atom is -0.324 e. The lowest BCUT2D eigenvalue weighted by Crippen LogP contribution is -2.06. The highest BCUT2D eigenvalue weighted by Crippen LogP contribution is 2.17. The van der Waals surface area contributed by atoms with Crippen LogP contribution in [0.15, 0.2) is 24.3 Å². The van der Waals surface area contributed by atoms with Gasteiger partial charge < -0.3 is 5.73 Å². The lowest BCUT2D eigenvalue weighted by molar-refractivity contribution is 0.522. The summed E-state index contributed by atoms with van der Waals surface area (Å²) < 4.78 is 0. The van der Waals surface area contributed by atoms with Crippen LogP contribution in [-0.4, -0.2) is 0 Å². The van der Waals surface area contributed by atoms with Crippen molar-refractivity contribution in [1.82, 2.24) is 0 Å². The molecule has 0 spiro atoms. The van der Waals surface area contributed by atoms with E-state index in [9.17, 15) is 0 Å². The van der Waals surface area contributed by atoms with E-state index in [1.54, 1.807) is 0 Å². The zero-order valence-electron chi connectivity index (χ0n) is 10.2. The van der Waals surface area contributed by atoms with Gasteiger partial charge in [0, 0.05) is 6.04 Å². The molecule has 2 atom stereocenters. The summed E-state index contributed by atoms with van der Waals surface area (Å²) in [6.45, 7) is 6.60. The van der Waals surface area contributed by atoms with Crippen LogP contribution in [0.2, 0.25) is 0 Å². The first-order valence-electron chi connectivity index (χ1n) is 5.98. The fraction of sp³-hybridized carbons (Fsp3) is 0.571. The second kappa shape index (κ2) is 5.92. The molecule has 0 heterocycles. The fourth-order valence-electron chi connectivity index (χ4n) is 2.00. The summed E-state index contributed by atoms with van der Waals surface area (Å²) >= 11 is 0. The van der Waals surface area contributed by atoms with E-state index in [2.05, 4.69) is 38.1 Å². The van der Waals surface area contributed by atoms with E-state index < -0.39 is 0 Å². The van der Waals surface area contributed by atoms with Crippen LogP contribution in [0.5, 0.6) is 0 Å². The van der Waals surface area contributed by atoms with Crippen molar-refractivity contribution in [2.24, 2.45) is 11.7 Å². The van der Waals surface area contributed by atoms with Gasteiger partial charge in [0.05, 0.1) is 0 Å². The maximum atomic E-state index is 5.87. The first-order valence-corrected chi connectivity index (χ1v) is 5.98. The van der Waals surface area contributed by atoms with E-state index in [1.807, 2.05) is 6.92 Å². The molecule has 1 heteroatoms. The number of nitrogens with two attached hydrogens (primary N) is 1. The Balaban J connectivity index is 2.65. The molecule has 0 aromatic heterocycles. The van der Waals surface area contributed by atoms with Crippen molar-refractivity contribution in [2.75, 3.05) is 0 Å². The third-order valence-corrected chi connectivity index (χ3v) is 2.84. The lowest BCUT2D eigenvalue weighted by atomic mass is 9.95. The van der Waals surface area contributed by atoms with Crippen LogP contribution in [-0.2, 0) is 6.42 Å². The van der Waals surface area contributed by atoms with Crippen LogP contribution >= 0.6 is 0 Å². The molecule has 1 nitrogen and oxygen atoms in total. The molecule has 0 bridgehead atoms. The van der Waals surface area contributed by atoms with Gasteiger partial charge >= 0.3 is 0 Å². The molecule has 0 saturated carbocycles. The van der Waals surface area contributed by atoms with E-state index in [0.717, 1.165) is 5.92 Å². The van der Waals surface area contributed by atoms with Crippen molar-refractivity contribution in [1.29, 1.82) is 0 Å². The molecule has 2 unspecified atom stereocenters. The third-order valence-electron chi connectivity index (χ3n) is 2.84. The predicted octanol–water partition coefficient (Wildman–Crippen LogP) is 3.69. The molecule has 0 amide bonds. The maximum absolute atomic E-state index is 5.87. The summed E-state index contributed by atoms with van der Waals surface area (Å²) in [5.74, 6) is 0.776. The molecular weight excluding hydrogens is 182 g/mol. The molecule has 0 saturated heterocycles. The average molecular weight is 205 g/mol. The maximum Gasteiger partial charge on any atom is 0.0266 e. The average Bonchev–Trinajstić information content (AvgIpc) is 2.18. The Morgan fingerprint density at radius 3 is 2.60 bits per heavy atom. The fourth-order valence-corrected chi connectivity index (χ4v) is 2.00. The van der Waals surface area contributed by atoms with Gasteiger partial charge in [-0.25, -0.2) is 0 Å². The van der Waals surface area contributed by atoms with Gasteiger partial charge in [0.25, 0.3) is 0 Å². The van der Waals surface area contributed by atoms with Crippen LogP contribution in [0, 0.1) is 5.92 Å². The topological polar surface area (TPSA) is 26.0 Å². The third kappa shape index (κ3) is 4.05. The van der Waals surface area contributed by atoms with Crippen molar-refractivity contribution in [3.05, 3.63) is 35.4 Å². The standard InChI is InChI=1S/C14H23N/c1-4-6-11(2)9-13-7-5-8-14(10-13)12(3)15/h5,7-8,10-12H,4,6,9,15H2,1-3H3. The molecule has 1 rings (SSSR count). The molecule has 1 aromatic carbocycles. The summed E-state index contributed by atoms with van der Waals surface area (Å²) in [5.41, 5.74) is 8.54. The summed E-state index contributed by atoms with van der Waals surface area (Å²) in [4.78, 5) is 0. The van der Waals surface area contributed by atoms with Crippen molar-refractivity contribution >= 4 is 0 Å². The normalized spacial score (nSPS) is 14.9. The molecule has 2 N–H and O–H groups in total. The minimum absolute atomic E-state index is 0.145. The molecule has 0 aliphatic rings. The highest BCUT2D eigenvalue weighted by atomic mass is 14.6. The number of hydrogen-bond donors (Lipinski definition) is 1. The molecule has 0 aliphatic heterocycles. The second-order valence-corrected chi connectivity index (χ2v) is 4.63. The summed E-state index contributed by atoms with van der Waals surface area (Å²) in [6, 6.07) is 8.83. The zero-order valence-corrected chi connectivity index (χ0v) is 10.2. The number of hydrogen-bond acceptors (Lipinski definition) is 1. The van der Waals surface area contributed by atoms with Gasteiger partial charge in [-0.3, -0.25) is 0 Å². The van der Waals surface area contributed by atoms with Gasteiger partial charge in [0.1, 0.15) is 0 Å². The Morgan fingerprint density at radius 2 is 2.00 bits per heavy atom. The Morgan fingerprint density at radius 1 is 1.27 bits per heavy atom. The highest BCUT2D eigenvalue weighted by molar-refractivity contribution is 5.25. The van der Waals surface area contributed by atoms with E-state index in [1.165, 1.54) is 30.4 Å². The van der Waals surface area contributed by atoms with Crippen molar-refractivity contribution in [3.63, 3.8) is 0 Å². The zero-order chi connectivity index (χ0) is 11.3. The van der Waals surface area contributed by atoms with Crippen LogP contribution in [0.4, 0.5) is 0 Å². The van der Waals surface area contributed by atoms with Crippen molar-refractivity contribution in [2.45, 2.75) is 46.1 Å². The number of rotatable bonds is 5. The summed E-state index contributed by atoms with van der Waals surface area (Å²) in [5, 5.41) is 0. The van der Waals surface area contributed by atoms with Crippen LogP contribution in [0.3, 0.4) is 0 Å². The lowest BCUT2D eigenvalue weighted by Gasteiger charge is -2.12. The van der Waals surface area contributed by atoms with Gasteiger partial charge in [0.15, 0.2) is 0 Å². The van der Waals surface area contributed by atoms with E-state index in [0.29, 0.717) is 0 Å². The molecule has 15 heavy (non-hydrogen) atoms. The highest BCUT2D eigenvalue weighted by Gasteiger charge is 2.04. The number of benzene rings is 1. The van der Waals surface area contributed by atoms with E-state index in [-0.39, 0.29) is 6.04 Å². The largest absolute Gasteiger partial charge is 0.324 e. The Kier molecular flexibility index (Phi) is 4.83. The van der Waals surface area contributed by atoms with E-state index in [4.69, 9.17) is 5.73 Å². The Labute approximate surface area is 93.7 Å². The van der Waals surface area contributed by atoms with Gasteiger partial charge in [-0.15, -0.1) is 0 Å². The monoisotopic (exact) mass is 205 g/mol. The Hall–Kier alpha value is -0.820. The second-order valence-electron chi connectivity index (χ2n) is 4.63. The van der Waals surface area contributed by atoms with Gasteiger partial charge in [0.2, 0.25) is 0 Å².